The van der Waals surface area contributed by atoms with Crippen LogP contribution in [0.4, 0.5) is 5.82 Å². The van der Waals surface area contributed by atoms with Gasteiger partial charge in [-0.05, 0) is 62.6 Å². The first-order valence-electron chi connectivity index (χ1n) is 11.7. The predicted molar refractivity (Wildman–Crippen MR) is 127 cm³/mol. The third-order valence-electron chi connectivity index (χ3n) is 6.67. The van der Waals surface area contributed by atoms with E-state index in [-0.39, 0.29) is 11.8 Å². The Morgan fingerprint density at radius 2 is 1.84 bits per heavy atom. The minimum absolute atomic E-state index is 0.130. The molecule has 2 fully saturated rings. The van der Waals surface area contributed by atoms with Crippen LogP contribution in [-0.4, -0.2) is 35.5 Å². The van der Waals surface area contributed by atoms with E-state index >= 15 is 0 Å². The summed E-state index contributed by atoms with van der Waals surface area (Å²) in [6, 6.07) is 8.58. The van der Waals surface area contributed by atoms with Gasteiger partial charge < -0.3 is 10.2 Å². The van der Waals surface area contributed by atoms with Crippen LogP contribution in [0, 0.1) is 25.7 Å². The maximum Gasteiger partial charge on any atom is 0.223 e. The Bertz CT molecular complexity index is 889. The lowest BCUT2D eigenvalue weighted by atomic mass is 9.89. The van der Waals surface area contributed by atoms with E-state index in [1.54, 1.807) is 18.1 Å². The summed E-state index contributed by atoms with van der Waals surface area (Å²) in [4.78, 5) is 25.2. The van der Waals surface area contributed by atoms with Crippen LogP contribution < -0.4 is 10.2 Å². The topological polar surface area (TPSA) is 58.1 Å². The van der Waals surface area contributed by atoms with E-state index < -0.39 is 0 Å². The Hall–Kier alpha value is -2.08. The molecule has 0 bridgehead atoms. The Balaban J connectivity index is 1.30. The molecule has 4 rings (SSSR count). The molecule has 1 saturated heterocycles. The minimum atomic E-state index is 0.130. The van der Waals surface area contributed by atoms with Crippen LogP contribution in [0.25, 0.3) is 0 Å². The quantitative estimate of drug-likeness (QED) is 0.632. The van der Waals surface area contributed by atoms with E-state index in [4.69, 9.17) is 0 Å². The highest BCUT2D eigenvalue weighted by molar-refractivity contribution is 7.99. The second-order valence-corrected chi connectivity index (χ2v) is 10.2. The molecule has 0 atom stereocenters. The molecule has 166 valence electrons. The van der Waals surface area contributed by atoms with Gasteiger partial charge in [-0.2, -0.15) is 0 Å². The van der Waals surface area contributed by atoms with Crippen molar-refractivity contribution < 1.29 is 4.79 Å². The largest absolute Gasteiger partial charge is 0.356 e. The molecule has 31 heavy (non-hydrogen) atoms. The van der Waals surface area contributed by atoms with Crippen LogP contribution in [0.1, 0.15) is 56.1 Å². The van der Waals surface area contributed by atoms with Crippen molar-refractivity contribution in [3.05, 3.63) is 41.7 Å². The number of aryl methyl sites for hydroxylation is 2. The third kappa shape index (κ3) is 6.00. The zero-order valence-electron chi connectivity index (χ0n) is 18.8. The van der Waals surface area contributed by atoms with Crippen LogP contribution in [0.3, 0.4) is 0 Å². The third-order valence-corrected chi connectivity index (χ3v) is 7.76. The van der Waals surface area contributed by atoms with Gasteiger partial charge in [0, 0.05) is 36.5 Å². The summed E-state index contributed by atoms with van der Waals surface area (Å²) in [5.41, 5.74) is 2.52. The minimum Gasteiger partial charge on any atom is -0.356 e. The maximum atomic E-state index is 12.6. The van der Waals surface area contributed by atoms with Crippen molar-refractivity contribution in [2.75, 3.05) is 24.5 Å². The number of amides is 1. The van der Waals surface area contributed by atoms with Crippen molar-refractivity contribution in [3.63, 3.8) is 0 Å². The Morgan fingerprint density at radius 1 is 1.06 bits per heavy atom. The fourth-order valence-electron chi connectivity index (χ4n) is 4.64. The van der Waals surface area contributed by atoms with Crippen molar-refractivity contribution in [1.29, 1.82) is 0 Å². The smallest absolute Gasteiger partial charge is 0.223 e. The molecule has 0 unspecified atom stereocenters. The molecular formula is C25H34N4OS. The molecule has 1 amide bonds. The van der Waals surface area contributed by atoms with Crippen LogP contribution >= 0.6 is 11.8 Å². The van der Waals surface area contributed by atoms with Crippen LogP contribution in [0.5, 0.6) is 0 Å². The van der Waals surface area contributed by atoms with Gasteiger partial charge in [-0.15, -0.1) is 0 Å². The summed E-state index contributed by atoms with van der Waals surface area (Å²) in [7, 11) is 0. The molecule has 5 nitrogen and oxygen atoms in total. The number of nitrogens with zero attached hydrogens (tertiary/aromatic N) is 3. The molecule has 2 aromatic rings. The molecule has 1 aromatic carbocycles. The van der Waals surface area contributed by atoms with Gasteiger partial charge in [0.25, 0.3) is 0 Å². The molecule has 0 spiro atoms. The standard InChI is InChI=1S/C25H34N4OS/c1-18-8-9-19(2)22(14-18)31-24-15-23(27-17-28-24)29-12-10-21(11-13-29)25(30)26-16-20-6-4-3-5-7-20/h8-9,14-15,17,20-21H,3-7,10-13,16H2,1-2H3,(H,26,30). The number of carbonyl (C=O) groups excluding carboxylic acids is 1. The molecule has 2 aliphatic rings. The maximum absolute atomic E-state index is 12.6. The monoisotopic (exact) mass is 438 g/mol. The fraction of sp³-hybridized carbons (Fsp3) is 0.560. The Kier molecular flexibility index (Phi) is 7.49. The lowest BCUT2D eigenvalue weighted by molar-refractivity contribution is -0.125. The Morgan fingerprint density at radius 3 is 2.61 bits per heavy atom. The summed E-state index contributed by atoms with van der Waals surface area (Å²) in [6.07, 6.45) is 9.98. The van der Waals surface area contributed by atoms with Gasteiger partial charge in [0.1, 0.15) is 17.2 Å². The molecule has 1 aromatic heterocycles. The molecular weight excluding hydrogens is 404 g/mol. The molecule has 1 aliphatic heterocycles. The number of hydrogen-bond acceptors (Lipinski definition) is 5. The van der Waals surface area contributed by atoms with Gasteiger partial charge in [-0.3, -0.25) is 4.79 Å². The Labute approximate surface area is 190 Å². The summed E-state index contributed by atoms with van der Waals surface area (Å²) in [6.45, 7) is 6.85. The van der Waals surface area contributed by atoms with Gasteiger partial charge in [0.2, 0.25) is 5.91 Å². The van der Waals surface area contributed by atoms with Crippen molar-refractivity contribution in [3.8, 4) is 0 Å². The molecule has 6 heteroatoms. The highest BCUT2D eigenvalue weighted by Crippen LogP contribution is 2.32. The molecule has 0 radical (unpaired) electrons. The number of benzene rings is 1. The highest BCUT2D eigenvalue weighted by Gasteiger charge is 2.26. The first kappa shape index (κ1) is 22.1. The fourth-order valence-corrected chi connectivity index (χ4v) is 5.60. The summed E-state index contributed by atoms with van der Waals surface area (Å²) < 4.78 is 0. The summed E-state index contributed by atoms with van der Waals surface area (Å²) in [5, 5.41) is 4.20. The van der Waals surface area contributed by atoms with Crippen molar-refractivity contribution in [1.82, 2.24) is 15.3 Å². The number of nitrogens with one attached hydrogen (secondary N) is 1. The lowest BCUT2D eigenvalue weighted by Crippen LogP contribution is -2.42. The zero-order chi connectivity index (χ0) is 21.6. The van der Waals surface area contributed by atoms with E-state index in [1.807, 2.05) is 0 Å². The van der Waals surface area contributed by atoms with Crippen molar-refractivity contribution in [2.24, 2.45) is 11.8 Å². The normalized spacial score (nSPS) is 18.2. The van der Waals surface area contributed by atoms with Gasteiger partial charge in [-0.25, -0.2) is 9.97 Å². The molecule has 2 heterocycles. The second-order valence-electron chi connectivity index (χ2n) is 9.10. The summed E-state index contributed by atoms with van der Waals surface area (Å²) in [5.74, 6) is 2.03. The van der Waals surface area contributed by atoms with E-state index in [0.29, 0.717) is 5.92 Å². The molecule has 1 saturated carbocycles. The molecule has 1 N–H and O–H groups in total. The van der Waals surface area contributed by atoms with E-state index in [9.17, 15) is 4.79 Å². The summed E-state index contributed by atoms with van der Waals surface area (Å²) >= 11 is 1.69. The lowest BCUT2D eigenvalue weighted by Gasteiger charge is -2.32. The van der Waals surface area contributed by atoms with Gasteiger partial charge >= 0.3 is 0 Å². The average molecular weight is 439 g/mol. The van der Waals surface area contributed by atoms with Crippen LogP contribution in [0.2, 0.25) is 0 Å². The number of rotatable bonds is 6. The van der Waals surface area contributed by atoms with Gasteiger partial charge in [0.15, 0.2) is 0 Å². The zero-order valence-corrected chi connectivity index (χ0v) is 19.6. The van der Waals surface area contributed by atoms with Crippen molar-refractivity contribution >= 4 is 23.5 Å². The predicted octanol–water partition coefficient (Wildman–Crippen LogP) is 5.16. The van der Waals surface area contributed by atoms with E-state index in [2.05, 4.69) is 58.3 Å². The van der Waals surface area contributed by atoms with E-state index in [1.165, 1.54) is 48.1 Å². The molecule has 1 aliphatic carbocycles. The number of piperidine rings is 1. The highest BCUT2D eigenvalue weighted by atomic mass is 32.2. The van der Waals surface area contributed by atoms with Gasteiger partial charge in [-0.1, -0.05) is 43.2 Å². The number of anilines is 1. The van der Waals surface area contributed by atoms with E-state index in [0.717, 1.165) is 43.3 Å². The SMILES string of the molecule is Cc1ccc(C)c(Sc2cc(N3CCC(C(=O)NCC4CCCCC4)CC3)ncn2)c1. The number of hydrogen-bond donors (Lipinski definition) is 1. The van der Waals surface area contributed by atoms with Gasteiger partial charge in [0.05, 0.1) is 0 Å². The first-order chi connectivity index (χ1) is 15.1. The first-order valence-corrected chi connectivity index (χ1v) is 12.5. The average Bonchev–Trinajstić information content (AvgIpc) is 2.81. The number of carbonyl (C=O) groups is 1. The van der Waals surface area contributed by atoms with Crippen molar-refractivity contribution in [2.45, 2.75) is 68.7 Å². The van der Waals surface area contributed by atoms with Crippen LogP contribution in [-0.2, 0) is 4.79 Å². The second kappa shape index (κ2) is 10.5. The number of aromatic nitrogens is 2. The van der Waals surface area contributed by atoms with Crippen LogP contribution in [0.15, 0.2) is 40.5 Å².